The van der Waals surface area contributed by atoms with Crippen molar-refractivity contribution in [1.82, 2.24) is 0 Å². The number of hydrogen-bond acceptors (Lipinski definition) is 2. The molecule has 2 aromatic carbocycles. The van der Waals surface area contributed by atoms with Crippen LogP contribution in [0.1, 0.15) is 5.56 Å². The van der Waals surface area contributed by atoms with E-state index in [9.17, 15) is 13.2 Å². The maximum atomic E-state index is 12.3. The molecular formula is C15H12F3O2. The van der Waals surface area contributed by atoms with Gasteiger partial charge in [-0.1, -0.05) is 30.3 Å². The zero-order chi connectivity index (χ0) is 14.4. The molecule has 0 saturated carbocycles. The lowest BCUT2D eigenvalue weighted by Gasteiger charge is -2.13. The first-order valence-electron chi connectivity index (χ1n) is 5.97. The average Bonchev–Trinajstić information content (AvgIpc) is 2.40. The van der Waals surface area contributed by atoms with Crippen molar-refractivity contribution in [2.24, 2.45) is 0 Å². The van der Waals surface area contributed by atoms with Crippen LogP contribution in [0.2, 0.25) is 0 Å². The van der Waals surface area contributed by atoms with E-state index in [1.807, 2.05) is 0 Å². The number of halogens is 3. The molecule has 105 valence electrons. The summed E-state index contributed by atoms with van der Waals surface area (Å²) in [4.78, 5) is 0. The average molecular weight is 281 g/mol. The summed E-state index contributed by atoms with van der Waals surface area (Å²) in [5.41, 5.74) is 0.451. The smallest absolute Gasteiger partial charge is 0.493 e. The van der Waals surface area contributed by atoms with Crippen LogP contribution >= 0.6 is 0 Å². The fourth-order valence-electron chi connectivity index (χ4n) is 1.68. The molecule has 0 aliphatic heterocycles. The maximum absolute atomic E-state index is 12.3. The van der Waals surface area contributed by atoms with Gasteiger partial charge in [0.2, 0.25) is 0 Å². The van der Waals surface area contributed by atoms with E-state index in [2.05, 4.69) is 10.8 Å². The summed E-state index contributed by atoms with van der Waals surface area (Å²) < 4.78 is 46.2. The molecule has 0 aromatic heterocycles. The molecule has 0 aliphatic rings. The minimum Gasteiger partial charge on any atom is -0.493 e. The summed E-state index contributed by atoms with van der Waals surface area (Å²) in [7, 11) is 0. The molecule has 0 unspecified atom stereocenters. The first kappa shape index (κ1) is 14.2. The Balaban J connectivity index is 1.96. The standard InChI is InChI=1S/C15H12F3O2/c16-15(17,18)20-14-9-5-4-6-12(14)10-11-19-13-7-2-1-3-8-13/h2-9H,10-11H2. The molecule has 2 nitrogen and oxygen atoms in total. The van der Waals surface area contributed by atoms with Crippen LogP contribution in [-0.2, 0) is 6.42 Å². The molecule has 0 amide bonds. The summed E-state index contributed by atoms with van der Waals surface area (Å²) in [6.07, 6.45) is -4.36. The highest BCUT2D eigenvalue weighted by Crippen LogP contribution is 2.26. The number of rotatable bonds is 5. The topological polar surface area (TPSA) is 18.5 Å². The second kappa shape index (κ2) is 6.32. The molecule has 0 aliphatic carbocycles. The second-order valence-electron chi connectivity index (χ2n) is 3.99. The molecule has 0 heterocycles. The number of benzene rings is 2. The van der Waals surface area contributed by atoms with E-state index in [1.54, 1.807) is 36.4 Å². The predicted molar refractivity (Wildman–Crippen MR) is 67.6 cm³/mol. The van der Waals surface area contributed by atoms with Crippen LogP contribution < -0.4 is 9.47 Å². The zero-order valence-corrected chi connectivity index (χ0v) is 10.5. The number of para-hydroxylation sites is 1. The Morgan fingerprint density at radius 3 is 2.40 bits per heavy atom. The molecule has 20 heavy (non-hydrogen) atoms. The SMILES string of the molecule is FC(F)(F)Oc1ccccc1CCOc1cc[c]cc1. The Labute approximate surface area is 114 Å². The van der Waals surface area contributed by atoms with E-state index < -0.39 is 6.36 Å². The van der Waals surface area contributed by atoms with Gasteiger partial charge in [-0.3, -0.25) is 0 Å². The highest BCUT2D eigenvalue weighted by molar-refractivity contribution is 5.33. The molecule has 0 bridgehead atoms. The number of hydrogen-bond donors (Lipinski definition) is 0. The second-order valence-corrected chi connectivity index (χ2v) is 3.99. The molecule has 2 aromatic rings. The van der Waals surface area contributed by atoms with Crippen molar-refractivity contribution >= 4 is 0 Å². The van der Waals surface area contributed by atoms with Crippen LogP contribution in [0.5, 0.6) is 11.5 Å². The van der Waals surface area contributed by atoms with Gasteiger partial charge in [-0.05, 0) is 29.8 Å². The Kier molecular flexibility index (Phi) is 4.50. The number of alkyl halides is 3. The first-order chi connectivity index (χ1) is 9.54. The minimum atomic E-state index is -4.69. The van der Waals surface area contributed by atoms with Crippen LogP contribution in [-0.4, -0.2) is 13.0 Å². The largest absolute Gasteiger partial charge is 0.573 e. The predicted octanol–water partition coefficient (Wildman–Crippen LogP) is 4.01. The third-order valence-corrected chi connectivity index (χ3v) is 2.53. The first-order valence-corrected chi connectivity index (χ1v) is 5.97. The van der Waals surface area contributed by atoms with Crippen LogP contribution in [0.25, 0.3) is 0 Å². The van der Waals surface area contributed by atoms with Crippen molar-refractivity contribution in [3.63, 3.8) is 0 Å². The fraction of sp³-hybridized carbons (Fsp3) is 0.200. The molecule has 0 saturated heterocycles. The van der Waals surface area contributed by atoms with Crippen LogP contribution in [0.4, 0.5) is 13.2 Å². The van der Waals surface area contributed by atoms with E-state index in [0.29, 0.717) is 17.7 Å². The summed E-state index contributed by atoms with van der Waals surface area (Å²) in [6.45, 7) is 0.266. The van der Waals surface area contributed by atoms with Gasteiger partial charge in [-0.15, -0.1) is 13.2 Å². The van der Waals surface area contributed by atoms with E-state index in [1.165, 1.54) is 12.1 Å². The highest BCUT2D eigenvalue weighted by atomic mass is 19.4. The summed E-state index contributed by atoms with van der Waals surface area (Å²) in [6, 6.07) is 15.8. The van der Waals surface area contributed by atoms with E-state index in [0.717, 1.165) is 0 Å². The fourth-order valence-corrected chi connectivity index (χ4v) is 1.68. The van der Waals surface area contributed by atoms with Crippen molar-refractivity contribution in [1.29, 1.82) is 0 Å². The van der Waals surface area contributed by atoms with E-state index >= 15 is 0 Å². The molecule has 0 N–H and O–H groups in total. The maximum Gasteiger partial charge on any atom is 0.573 e. The van der Waals surface area contributed by atoms with Gasteiger partial charge in [-0.2, -0.15) is 0 Å². The summed E-state index contributed by atoms with van der Waals surface area (Å²) in [5, 5.41) is 0. The van der Waals surface area contributed by atoms with Crippen molar-refractivity contribution in [3.05, 3.63) is 60.2 Å². The third-order valence-electron chi connectivity index (χ3n) is 2.53. The van der Waals surface area contributed by atoms with Gasteiger partial charge in [0.1, 0.15) is 11.5 Å². The van der Waals surface area contributed by atoms with Crippen molar-refractivity contribution in [2.75, 3.05) is 6.61 Å². The Bertz CT molecular complexity index is 538. The van der Waals surface area contributed by atoms with Gasteiger partial charge in [0.25, 0.3) is 0 Å². The van der Waals surface area contributed by atoms with Crippen LogP contribution in [0.3, 0.4) is 0 Å². The van der Waals surface area contributed by atoms with Gasteiger partial charge in [0.05, 0.1) is 6.61 Å². The lowest BCUT2D eigenvalue weighted by atomic mass is 10.1. The van der Waals surface area contributed by atoms with E-state index in [-0.39, 0.29) is 12.4 Å². The van der Waals surface area contributed by atoms with Gasteiger partial charge in [0, 0.05) is 6.42 Å². The lowest BCUT2D eigenvalue weighted by Crippen LogP contribution is -2.18. The zero-order valence-electron chi connectivity index (χ0n) is 10.5. The molecular weight excluding hydrogens is 269 g/mol. The van der Waals surface area contributed by atoms with E-state index in [4.69, 9.17) is 4.74 Å². The summed E-state index contributed by atoms with van der Waals surface area (Å²) >= 11 is 0. The van der Waals surface area contributed by atoms with Crippen LogP contribution in [0.15, 0.2) is 48.5 Å². The Hall–Kier alpha value is -2.17. The monoisotopic (exact) mass is 281 g/mol. The molecule has 0 fully saturated rings. The van der Waals surface area contributed by atoms with Crippen molar-refractivity contribution < 1.29 is 22.6 Å². The lowest BCUT2D eigenvalue weighted by molar-refractivity contribution is -0.274. The normalized spacial score (nSPS) is 11.2. The van der Waals surface area contributed by atoms with Gasteiger partial charge in [0.15, 0.2) is 0 Å². The van der Waals surface area contributed by atoms with Gasteiger partial charge >= 0.3 is 6.36 Å². The molecule has 1 radical (unpaired) electrons. The molecule has 0 atom stereocenters. The quantitative estimate of drug-likeness (QED) is 0.824. The Morgan fingerprint density at radius 1 is 1.00 bits per heavy atom. The molecule has 5 heteroatoms. The Morgan fingerprint density at radius 2 is 1.70 bits per heavy atom. The van der Waals surface area contributed by atoms with Crippen molar-refractivity contribution in [3.8, 4) is 11.5 Å². The minimum absolute atomic E-state index is 0.190. The van der Waals surface area contributed by atoms with Gasteiger partial charge < -0.3 is 9.47 Å². The number of ether oxygens (including phenoxy) is 2. The van der Waals surface area contributed by atoms with Gasteiger partial charge in [-0.25, -0.2) is 0 Å². The summed E-state index contributed by atoms with van der Waals surface area (Å²) in [5.74, 6) is 0.461. The molecule has 0 spiro atoms. The van der Waals surface area contributed by atoms with Crippen LogP contribution in [0, 0.1) is 6.07 Å². The van der Waals surface area contributed by atoms with Crippen molar-refractivity contribution in [2.45, 2.75) is 12.8 Å². The highest BCUT2D eigenvalue weighted by Gasteiger charge is 2.31. The molecule has 2 rings (SSSR count). The third kappa shape index (κ3) is 4.50.